The lowest BCUT2D eigenvalue weighted by Crippen LogP contribution is -2.22. The van der Waals surface area contributed by atoms with Crippen molar-refractivity contribution >= 4 is 5.69 Å². The zero-order chi connectivity index (χ0) is 11.9. The van der Waals surface area contributed by atoms with Gasteiger partial charge >= 0.3 is 0 Å². The van der Waals surface area contributed by atoms with Gasteiger partial charge in [-0.05, 0) is 37.1 Å². The van der Waals surface area contributed by atoms with E-state index >= 15 is 0 Å². The molecular weight excluding hydrogens is 208 g/mol. The first kappa shape index (κ1) is 12.4. The zero-order valence-electron chi connectivity index (χ0n) is 10.8. The molecule has 1 aromatic carbocycles. The number of rotatable bonds is 5. The van der Waals surface area contributed by atoms with E-state index in [1.807, 2.05) is 0 Å². The van der Waals surface area contributed by atoms with Crippen LogP contribution < -0.4 is 10.6 Å². The maximum Gasteiger partial charge on any atom is 0.0345 e. The Morgan fingerprint density at radius 2 is 2.00 bits per heavy atom. The molecule has 0 radical (unpaired) electrons. The maximum atomic E-state index is 3.67. The average Bonchev–Trinajstić information content (AvgIpc) is 2.38. The first-order valence-electron chi connectivity index (χ1n) is 6.94. The lowest BCUT2D eigenvalue weighted by Gasteiger charge is -2.24. The van der Waals surface area contributed by atoms with Gasteiger partial charge in [0.2, 0.25) is 0 Å². The minimum atomic E-state index is 0.693. The Morgan fingerprint density at radius 3 is 2.76 bits per heavy atom. The molecule has 0 spiro atoms. The second-order valence-electron chi connectivity index (χ2n) is 4.96. The van der Waals surface area contributed by atoms with Gasteiger partial charge in [-0.1, -0.05) is 38.3 Å². The van der Waals surface area contributed by atoms with Gasteiger partial charge in [0, 0.05) is 18.3 Å². The molecule has 1 saturated carbocycles. The third kappa shape index (κ3) is 4.04. The topological polar surface area (TPSA) is 24.1 Å². The van der Waals surface area contributed by atoms with Gasteiger partial charge in [-0.2, -0.15) is 0 Å². The highest BCUT2D eigenvalue weighted by Gasteiger charge is 2.12. The van der Waals surface area contributed by atoms with E-state index in [2.05, 4.69) is 41.8 Å². The number of benzene rings is 1. The van der Waals surface area contributed by atoms with E-state index in [0.717, 1.165) is 13.1 Å². The van der Waals surface area contributed by atoms with Gasteiger partial charge in [-0.15, -0.1) is 0 Å². The van der Waals surface area contributed by atoms with Crippen molar-refractivity contribution in [1.82, 2.24) is 5.32 Å². The van der Waals surface area contributed by atoms with Crippen LogP contribution in [0.1, 0.15) is 44.6 Å². The Kier molecular flexibility index (Phi) is 4.87. The van der Waals surface area contributed by atoms with Crippen molar-refractivity contribution in [2.75, 3.05) is 11.9 Å². The van der Waals surface area contributed by atoms with Crippen molar-refractivity contribution in [1.29, 1.82) is 0 Å². The standard InChI is InChI=1S/C15H24N2/c1-2-16-12-13-7-6-10-15(11-13)17-14-8-4-3-5-9-14/h6-7,10-11,14,16-17H,2-5,8-9,12H2,1H3. The van der Waals surface area contributed by atoms with Crippen LogP contribution in [0, 0.1) is 0 Å². The Balaban J connectivity index is 1.90. The summed E-state index contributed by atoms with van der Waals surface area (Å²) in [4.78, 5) is 0. The molecule has 0 heterocycles. The van der Waals surface area contributed by atoms with Gasteiger partial charge in [0.05, 0.1) is 0 Å². The Morgan fingerprint density at radius 1 is 1.18 bits per heavy atom. The van der Waals surface area contributed by atoms with Crippen LogP contribution >= 0.6 is 0 Å². The van der Waals surface area contributed by atoms with E-state index in [-0.39, 0.29) is 0 Å². The third-order valence-corrected chi connectivity index (χ3v) is 3.48. The molecule has 1 aliphatic carbocycles. The molecular formula is C15H24N2. The van der Waals surface area contributed by atoms with E-state index in [1.165, 1.54) is 43.4 Å². The molecule has 1 aliphatic rings. The van der Waals surface area contributed by atoms with Crippen LogP contribution in [-0.2, 0) is 6.54 Å². The summed E-state index contributed by atoms with van der Waals surface area (Å²) < 4.78 is 0. The fourth-order valence-corrected chi connectivity index (χ4v) is 2.52. The SMILES string of the molecule is CCNCc1cccc(NC2CCCCC2)c1. The van der Waals surface area contributed by atoms with Crippen LogP contribution in [0.15, 0.2) is 24.3 Å². The Hall–Kier alpha value is -1.02. The number of hydrogen-bond acceptors (Lipinski definition) is 2. The Bertz CT molecular complexity index is 329. The van der Waals surface area contributed by atoms with Crippen LogP contribution in [0.5, 0.6) is 0 Å². The summed E-state index contributed by atoms with van der Waals surface area (Å²) in [5.41, 5.74) is 2.65. The lowest BCUT2D eigenvalue weighted by molar-refractivity contribution is 0.462. The largest absolute Gasteiger partial charge is 0.382 e. The fraction of sp³-hybridized carbons (Fsp3) is 0.600. The molecule has 2 rings (SSSR count). The molecule has 0 aliphatic heterocycles. The van der Waals surface area contributed by atoms with Gasteiger partial charge in [-0.3, -0.25) is 0 Å². The van der Waals surface area contributed by atoms with Crippen LogP contribution in [0.2, 0.25) is 0 Å². The van der Waals surface area contributed by atoms with Crippen molar-refractivity contribution in [3.63, 3.8) is 0 Å². The second kappa shape index (κ2) is 6.65. The van der Waals surface area contributed by atoms with Gasteiger partial charge in [0.1, 0.15) is 0 Å². The third-order valence-electron chi connectivity index (χ3n) is 3.48. The zero-order valence-corrected chi connectivity index (χ0v) is 10.8. The normalized spacial score (nSPS) is 17.0. The van der Waals surface area contributed by atoms with Crippen LogP contribution in [-0.4, -0.2) is 12.6 Å². The number of anilines is 1. The van der Waals surface area contributed by atoms with E-state index in [1.54, 1.807) is 0 Å². The predicted octanol–water partition coefficient (Wildman–Crippen LogP) is 3.54. The predicted molar refractivity (Wildman–Crippen MR) is 74.3 cm³/mol. The first-order valence-corrected chi connectivity index (χ1v) is 6.94. The molecule has 2 heteroatoms. The van der Waals surface area contributed by atoms with Crippen molar-refractivity contribution < 1.29 is 0 Å². The van der Waals surface area contributed by atoms with Gasteiger partial charge in [-0.25, -0.2) is 0 Å². The van der Waals surface area contributed by atoms with Crippen LogP contribution in [0.25, 0.3) is 0 Å². The van der Waals surface area contributed by atoms with Crippen LogP contribution in [0.3, 0.4) is 0 Å². The molecule has 94 valence electrons. The van der Waals surface area contributed by atoms with Crippen molar-refractivity contribution in [2.45, 2.75) is 51.6 Å². The summed E-state index contributed by atoms with van der Waals surface area (Å²) in [6, 6.07) is 9.49. The maximum absolute atomic E-state index is 3.67. The molecule has 2 N–H and O–H groups in total. The highest BCUT2D eigenvalue weighted by molar-refractivity contribution is 5.46. The van der Waals surface area contributed by atoms with Gasteiger partial charge < -0.3 is 10.6 Å². The fourth-order valence-electron chi connectivity index (χ4n) is 2.52. The summed E-state index contributed by atoms with van der Waals surface area (Å²) in [7, 11) is 0. The molecule has 1 fully saturated rings. The van der Waals surface area contributed by atoms with Crippen molar-refractivity contribution in [3.8, 4) is 0 Å². The molecule has 0 unspecified atom stereocenters. The minimum absolute atomic E-state index is 0.693. The summed E-state index contributed by atoms with van der Waals surface area (Å²) in [6.07, 6.45) is 6.84. The molecule has 0 amide bonds. The number of hydrogen-bond donors (Lipinski definition) is 2. The summed E-state index contributed by atoms with van der Waals surface area (Å²) in [5.74, 6) is 0. The van der Waals surface area contributed by atoms with Crippen molar-refractivity contribution in [2.24, 2.45) is 0 Å². The molecule has 0 aromatic heterocycles. The summed E-state index contributed by atoms with van der Waals surface area (Å²) >= 11 is 0. The molecule has 0 saturated heterocycles. The lowest BCUT2D eigenvalue weighted by atomic mass is 9.95. The van der Waals surface area contributed by atoms with E-state index < -0.39 is 0 Å². The van der Waals surface area contributed by atoms with Crippen LogP contribution in [0.4, 0.5) is 5.69 Å². The highest BCUT2D eigenvalue weighted by atomic mass is 14.9. The van der Waals surface area contributed by atoms with E-state index in [9.17, 15) is 0 Å². The second-order valence-corrected chi connectivity index (χ2v) is 4.96. The summed E-state index contributed by atoms with van der Waals surface area (Å²) in [6.45, 7) is 4.14. The smallest absolute Gasteiger partial charge is 0.0345 e. The van der Waals surface area contributed by atoms with E-state index in [0.29, 0.717) is 6.04 Å². The molecule has 0 bridgehead atoms. The highest BCUT2D eigenvalue weighted by Crippen LogP contribution is 2.22. The first-order chi connectivity index (χ1) is 8.38. The molecule has 1 aromatic rings. The van der Waals surface area contributed by atoms with Crippen molar-refractivity contribution in [3.05, 3.63) is 29.8 Å². The quantitative estimate of drug-likeness (QED) is 0.811. The van der Waals surface area contributed by atoms with Gasteiger partial charge in [0.15, 0.2) is 0 Å². The minimum Gasteiger partial charge on any atom is -0.382 e. The summed E-state index contributed by atoms with van der Waals surface area (Å²) in [5, 5.41) is 7.04. The molecule has 2 nitrogen and oxygen atoms in total. The van der Waals surface area contributed by atoms with E-state index in [4.69, 9.17) is 0 Å². The monoisotopic (exact) mass is 232 g/mol. The van der Waals surface area contributed by atoms with Gasteiger partial charge in [0.25, 0.3) is 0 Å². The average molecular weight is 232 g/mol. The molecule has 17 heavy (non-hydrogen) atoms. The Labute approximate surface area is 105 Å². The number of nitrogens with one attached hydrogen (secondary N) is 2. The molecule has 0 atom stereocenters.